The third kappa shape index (κ3) is 2.68. The molecule has 23 heavy (non-hydrogen) atoms. The zero-order chi connectivity index (χ0) is 16.6. The number of esters is 2. The molecule has 0 radical (unpaired) electrons. The number of carbonyl (C=O) groups excluding carboxylic acids is 3. The molecule has 0 aromatic heterocycles. The number of fused-ring (bicyclic) bond motifs is 1. The van der Waals surface area contributed by atoms with E-state index in [9.17, 15) is 14.4 Å². The van der Waals surface area contributed by atoms with Gasteiger partial charge in [0, 0.05) is 5.92 Å². The lowest BCUT2D eigenvalue weighted by molar-refractivity contribution is -0.171. The van der Waals surface area contributed by atoms with Crippen molar-refractivity contribution >= 4 is 17.7 Å². The molecule has 0 aromatic rings. The van der Waals surface area contributed by atoms with Crippen molar-refractivity contribution in [2.24, 2.45) is 29.1 Å². The summed E-state index contributed by atoms with van der Waals surface area (Å²) in [4.78, 5) is 38.3. The van der Waals surface area contributed by atoms with Crippen molar-refractivity contribution in [2.45, 2.75) is 52.4 Å². The van der Waals surface area contributed by atoms with Crippen LogP contribution in [0.2, 0.25) is 0 Å². The second kappa shape index (κ2) is 6.25. The van der Waals surface area contributed by atoms with Crippen molar-refractivity contribution in [2.75, 3.05) is 13.2 Å². The molecule has 5 heteroatoms. The van der Waals surface area contributed by atoms with E-state index in [1.807, 2.05) is 0 Å². The average molecular weight is 322 g/mol. The predicted molar refractivity (Wildman–Crippen MR) is 82.4 cm³/mol. The molecule has 4 aliphatic rings. The van der Waals surface area contributed by atoms with E-state index < -0.39 is 17.4 Å². The number of carbonyl (C=O) groups is 3. The summed E-state index contributed by atoms with van der Waals surface area (Å²) < 4.78 is 10.4. The van der Waals surface area contributed by atoms with Crippen LogP contribution in [0.15, 0.2) is 0 Å². The number of ketones is 1. The highest BCUT2D eigenvalue weighted by molar-refractivity contribution is 6.08. The highest BCUT2D eigenvalue weighted by atomic mass is 16.5. The van der Waals surface area contributed by atoms with Crippen LogP contribution in [-0.4, -0.2) is 30.9 Å². The lowest BCUT2D eigenvalue weighted by atomic mass is 9.63. The highest BCUT2D eigenvalue weighted by Gasteiger charge is 2.62. The van der Waals surface area contributed by atoms with E-state index in [2.05, 4.69) is 0 Å². The summed E-state index contributed by atoms with van der Waals surface area (Å²) in [5, 5.41) is 0. The van der Waals surface area contributed by atoms with Crippen molar-refractivity contribution in [3.63, 3.8) is 0 Å². The van der Waals surface area contributed by atoms with Crippen LogP contribution in [0.25, 0.3) is 0 Å². The zero-order valence-electron chi connectivity index (χ0n) is 14.0. The molecule has 0 spiro atoms. The lowest BCUT2D eigenvalue weighted by Crippen LogP contribution is -2.49. The van der Waals surface area contributed by atoms with Gasteiger partial charge in [-0.1, -0.05) is 0 Å². The Bertz CT molecular complexity index is 500. The normalized spacial score (nSPS) is 38.3. The number of Topliss-reactive ketones (excluding diaryl/α,β-unsaturated/α-hetero) is 1. The van der Waals surface area contributed by atoms with Crippen LogP contribution in [0.3, 0.4) is 0 Å². The van der Waals surface area contributed by atoms with Gasteiger partial charge >= 0.3 is 11.9 Å². The van der Waals surface area contributed by atoms with E-state index in [4.69, 9.17) is 9.47 Å². The van der Waals surface area contributed by atoms with Gasteiger partial charge in [-0.15, -0.1) is 0 Å². The first-order chi connectivity index (χ1) is 11.0. The third-order valence-corrected chi connectivity index (χ3v) is 6.01. The van der Waals surface area contributed by atoms with Crippen molar-refractivity contribution in [1.29, 1.82) is 0 Å². The maximum Gasteiger partial charge on any atom is 0.320 e. The molecule has 0 saturated heterocycles. The maximum atomic E-state index is 13.3. The van der Waals surface area contributed by atoms with Gasteiger partial charge in [0.1, 0.15) is 5.41 Å². The van der Waals surface area contributed by atoms with Crippen LogP contribution in [0, 0.1) is 29.1 Å². The van der Waals surface area contributed by atoms with E-state index >= 15 is 0 Å². The minimum atomic E-state index is -1.31. The Morgan fingerprint density at radius 2 is 1.61 bits per heavy atom. The topological polar surface area (TPSA) is 69.7 Å². The van der Waals surface area contributed by atoms with Gasteiger partial charge in [-0.2, -0.15) is 0 Å². The Kier molecular flexibility index (Phi) is 4.47. The van der Waals surface area contributed by atoms with Gasteiger partial charge in [-0.05, 0) is 63.7 Å². The second-order valence-corrected chi connectivity index (χ2v) is 7.34. The number of hydrogen-bond acceptors (Lipinski definition) is 5. The van der Waals surface area contributed by atoms with Gasteiger partial charge in [0.15, 0.2) is 5.78 Å². The minimum Gasteiger partial charge on any atom is -0.466 e. The SMILES string of the molecule is CCOC(=O)CC1(C(=O)OCC)C(=O)C2CC3CC(C2)CC1C3. The largest absolute Gasteiger partial charge is 0.466 e. The number of hydrogen-bond donors (Lipinski definition) is 0. The Balaban J connectivity index is 2.00. The van der Waals surface area contributed by atoms with Gasteiger partial charge in [0.25, 0.3) is 0 Å². The standard InChI is InChI=1S/C18H26O5/c1-3-22-15(19)10-18(17(21)23-4-2)14-8-11-5-12(9-14)7-13(6-11)16(18)20/h11-14H,3-10H2,1-2H3. The van der Waals surface area contributed by atoms with Crippen molar-refractivity contribution in [1.82, 2.24) is 0 Å². The molecule has 3 unspecified atom stereocenters. The Hall–Kier alpha value is -1.39. The quantitative estimate of drug-likeness (QED) is 0.574. The van der Waals surface area contributed by atoms with Crippen molar-refractivity contribution in [3.8, 4) is 0 Å². The summed E-state index contributed by atoms with van der Waals surface area (Å²) >= 11 is 0. The molecule has 3 atom stereocenters. The number of ether oxygens (including phenoxy) is 2. The summed E-state index contributed by atoms with van der Waals surface area (Å²) in [6.45, 7) is 3.95. The first-order valence-corrected chi connectivity index (χ1v) is 8.88. The van der Waals surface area contributed by atoms with Crippen LogP contribution in [0.1, 0.15) is 52.4 Å². The molecule has 128 valence electrons. The molecule has 4 saturated carbocycles. The molecule has 0 heterocycles. The Morgan fingerprint density at radius 3 is 2.17 bits per heavy atom. The smallest absolute Gasteiger partial charge is 0.320 e. The molecular weight excluding hydrogens is 296 g/mol. The highest BCUT2D eigenvalue weighted by Crippen LogP contribution is 2.57. The van der Waals surface area contributed by atoms with Crippen LogP contribution in [0.4, 0.5) is 0 Å². The minimum absolute atomic E-state index is 0.0568. The van der Waals surface area contributed by atoms with Crippen molar-refractivity contribution in [3.05, 3.63) is 0 Å². The molecule has 4 fully saturated rings. The lowest BCUT2D eigenvalue weighted by Gasteiger charge is -2.40. The fourth-order valence-corrected chi connectivity index (χ4v) is 5.30. The summed E-state index contributed by atoms with van der Waals surface area (Å²) in [7, 11) is 0. The van der Waals surface area contributed by atoms with E-state index in [0.717, 1.165) is 25.7 Å². The summed E-state index contributed by atoms with van der Waals surface area (Å²) in [5.74, 6) is -0.162. The van der Waals surface area contributed by atoms with E-state index in [0.29, 0.717) is 11.8 Å². The van der Waals surface area contributed by atoms with E-state index in [1.54, 1.807) is 13.8 Å². The van der Waals surface area contributed by atoms with Crippen LogP contribution >= 0.6 is 0 Å². The first kappa shape index (κ1) is 16.5. The van der Waals surface area contributed by atoms with Crippen LogP contribution < -0.4 is 0 Å². The second-order valence-electron chi connectivity index (χ2n) is 7.34. The van der Waals surface area contributed by atoms with E-state index in [-0.39, 0.29) is 37.3 Å². The molecule has 5 nitrogen and oxygen atoms in total. The molecule has 0 aromatic carbocycles. The molecule has 4 bridgehead atoms. The maximum absolute atomic E-state index is 13.3. The van der Waals surface area contributed by atoms with Gasteiger partial charge in [-0.3, -0.25) is 14.4 Å². The van der Waals surface area contributed by atoms with Gasteiger partial charge in [0.2, 0.25) is 0 Å². The number of rotatable bonds is 5. The average Bonchev–Trinajstić information content (AvgIpc) is 2.62. The van der Waals surface area contributed by atoms with Gasteiger partial charge in [0.05, 0.1) is 19.6 Å². The van der Waals surface area contributed by atoms with Crippen LogP contribution in [0.5, 0.6) is 0 Å². The fourth-order valence-electron chi connectivity index (χ4n) is 5.30. The van der Waals surface area contributed by atoms with Crippen LogP contribution in [-0.2, 0) is 23.9 Å². The molecule has 4 rings (SSSR count). The van der Waals surface area contributed by atoms with E-state index in [1.165, 1.54) is 6.42 Å². The zero-order valence-corrected chi connectivity index (χ0v) is 14.0. The molecule has 0 amide bonds. The van der Waals surface area contributed by atoms with Gasteiger partial charge in [-0.25, -0.2) is 0 Å². The summed E-state index contributed by atoms with van der Waals surface area (Å²) in [6, 6.07) is 0. The summed E-state index contributed by atoms with van der Waals surface area (Å²) in [5.41, 5.74) is -1.31. The van der Waals surface area contributed by atoms with Crippen molar-refractivity contribution < 1.29 is 23.9 Å². The summed E-state index contributed by atoms with van der Waals surface area (Å²) in [6.07, 6.45) is 4.47. The van der Waals surface area contributed by atoms with Gasteiger partial charge < -0.3 is 9.47 Å². The molecular formula is C18H26O5. The fraction of sp³-hybridized carbons (Fsp3) is 0.833. The molecule has 0 aliphatic heterocycles. The first-order valence-electron chi connectivity index (χ1n) is 8.88. The third-order valence-electron chi connectivity index (χ3n) is 6.01. The molecule has 0 N–H and O–H groups in total. The molecule has 4 aliphatic carbocycles. The Morgan fingerprint density at radius 1 is 1.00 bits per heavy atom. The monoisotopic (exact) mass is 322 g/mol. The Labute approximate surface area is 137 Å². The predicted octanol–water partition coefficient (Wildman–Crippen LogP) is 2.51.